The van der Waals surface area contributed by atoms with E-state index in [1.807, 2.05) is 0 Å². The van der Waals surface area contributed by atoms with Gasteiger partial charge in [-0.25, -0.2) is 4.79 Å². The van der Waals surface area contributed by atoms with E-state index in [4.69, 9.17) is 14.2 Å². The minimum Gasteiger partial charge on any atom is -0.496 e. The van der Waals surface area contributed by atoms with Crippen LogP contribution in [0.15, 0.2) is 34.3 Å². The van der Waals surface area contributed by atoms with E-state index in [1.54, 1.807) is 18.2 Å². The first-order valence-corrected chi connectivity index (χ1v) is 6.96. The van der Waals surface area contributed by atoms with Crippen molar-refractivity contribution < 1.29 is 24.1 Å². The molecule has 0 aliphatic heterocycles. The highest BCUT2D eigenvalue weighted by molar-refractivity contribution is 7.99. The Morgan fingerprint density at radius 1 is 1.09 bits per heavy atom. The van der Waals surface area contributed by atoms with E-state index >= 15 is 0 Å². The third-order valence-electron chi connectivity index (χ3n) is 2.70. The zero-order valence-electron chi connectivity index (χ0n) is 12.2. The van der Waals surface area contributed by atoms with E-state index in [1.165, 1.54) is 27.4 Å². The Bertz CT molecular complexity index is 671. The van der Waals surface area contributed by atoms with E-state index in [-0.39, 0.29) is 11.3 Å². The number of carboxylic acids is 1. The van der Waals surface area contributed by atoms with Crippen LogP contribution in [0.3, 0.4) is 0 Å². The van der Waals surface area contributed by atoms with Gasteiger partial charge in [0.1, 0.15) is 11.3 Å². The summed E-state index contributed by atoms with van der Waals surface area (Å²) in [5.41, 5.74) is 0.0559. The molecule has 2 rings (SSSR count). The maximum Gasteiger partial charge on any atom is 0.340 e. The number of nitrogens with zero attached hydrogens (tertiary/aromatic N) is 2. The van der Waals surface area contributed by atoms with E-state index < -0.39 is 5.97 Å². The minimum absolute atomic E-state index is 0.0559. The lowest BCUT2D eigenvalue weighted by Gasteiger charge is -2.10. The molecule has 0 spiro atoms. The molecule has 7 nitrogen and oxygen atoms in total. The first kappa shape index (κ1) is 15.9. The molecule has 0 fully saturated rings. The first-order valence-electron chi connectivity index (χ1n) is 6.14. The average Bonchev–Trinajstić information content (AvgIpc) is 2.53. The number of carbonyl (C=O) groups is 1. The molecule has 0 saturated heterocycles. The molecule has 0 aliphatic rings. The fourth-order valence-electron chi connectivity index (χ4n) is 1.71. The van der Waals surface area contributed by atoms with Crippen molar-refractivity contribution in [2.45, 2.75) is 10.1 Å². The Morgan fingerprint density at radius 2 is 1.73 bits per heavy atom. The summed E-state index contributed by atoms with van der Waals surface area (Å²) in [4.78, 5) is 20.2. The summed E-state index contributed by atoms with van der Waals surface area (Å²) in [6.07, 6.45) is 0. The summed E-state index contributed by atoms with van der Waals surface area (Å²) in [7, 11) is 4.37. The Morgan fingerprint density at radius 3 is 2.23 bits per heavy atom. The Kier molecular flexibility index (Phi) is 5.05. The maximum atomic E-state index is 11.5. The quantitative estimate of drug-likeness (QED) is 0.810. The summed E-state index contributed by atoms with van der Waals surface area (Å²) in [5.74, 6) is -0.162. The van der Waals surface area contributed by atoms with Crippen molar-refractivity contribution in [3.63, 3.8) is 0 Å². The molecule has 0 radical (unpaired) electrons. The second kappa shape index (κ2) is 6.99. The van der Waals surface area contributed by atoms with Crippen molar-refractivity contribution in [1.29, 1.82) is 0 Å². The normalized spacial score (nSPS) is 10.1. The van der Waals surface area contributed by atoms with Crippen LogP contribution in [0.25, 0.3) is 0 Å². The topological polar surface area (TPSA) is 90.8 Å². The summed E-state index contributed by atoms with van der Waals surface area (Å²) >= 11 is 1.09. The van der Waals surface area contributed by atoms with E-state index in [0.29, 0.717) is 21.8 Å². The SMILES string of the molecule is COc1cc(OC)nc(Sc2cccc(OC)c2C(=O)O)n1. The zero-order chi connectivity index (χ0) is 16.1. The zero-order valence-corrected chi connectivity index (χ0v) is 13.0. The highest BCUT2D eigenvalue weighted by Gasteiger charge is 2.18. The van der Waals surface area contributed by atoms with Gasteiger partial charge in [0, 0.05) is 4.90 Å². The number of ether oxygens (including phenoxy) is 3. The van der Waals surface area contributed by atoms with Gasteiger partial charge in [0.25, 0.3) is 0 Å². The molecular weight excluding hydrogens is 308 g/mol. The fraction of sp³-hybridized carbons (Fsp3) is 0.214. The molecule has 8 heteroatoms. The van der Waals surface area contributed by atoms with Gasteiger partial charge in [0.05, 0.1) is 27.4 Å². The first-order chi connectivity index (χ1) is 10.6. The van der Waals surface area contributed by atoms with Gasteiger partial charge >= 0.3 is 5.97 Å². The largest absolute Gasteiger partial charge is 0.496 e. The van der Waals surface area contributed by atoms with Gasteiger partial charge in [0.2, 0.25) is 11.8 Å². The number of aromatic carboxylic acids is 1. The van der Waals surface area contributed by atoms with Gasteiger partial charge < -0.3 is 19.3 Å². The summed E-state index contributed by atoms with van der Waals surface area (Å²) in [6, 6.07) is 6.48. The van der Waals surface area contributed by atoms with Gasteiger partial charge in [-0.05, 0) is 23.9 Å². The monoisotopic (exact) mass is 322 g/mol. The van der Waals surface area contributed by atoms with Gasteiger partial charge in [-0.1, -0.05) is 6.07 Å². The minimum atomic E-state index is -1.09. The van der Waals surface area contributed by atoms with Gasteiger partial charge in [-0.15, -0.1) is 0 Å². The fourth-order valence-corrected chi connectivity index (χ4v) is 2.62. The highest BCUT2D eigenvalue weighted by Crippen LogP contribution is 2.34. The number of methoxy groups -OCH3 is 3. The molecular formula is C14H14N2O5S. The lowest BCUT2D eigenvalue weighted by Crippen LogP contribution is -2.03. The molecule has 0 aliphatic carbocycles. The lowest BCUT2D eigenvalue weighted by atomic mass is 10.2. The van der Waals surface area contributed by atoms with Gasteiger partial charge in [0.15, 0.2) is 5.16 Å². The van der Waals surface area contributed by atoms with Crippen LogP contribution in [0, 0.1) is 0 Å². The predicted octanol–water partition coefficient (Wildman–Crippen LogP) is 2.35. The summed E-state index contributed by atoms with van der Waals surface area (Å²) < 4.78 is 15.2. The maximum absolute atomic E-state index is 11.5. The van der Waals surface area contributed by atoms with Crippen LogP contribution in [0.2, 0.25) is 0 Å². The van der Waals surface area contributed by atoms with Crippen LogP contribution in [0.4, 0.5) is 0 Å². The Balaban J connectivity index is 2.45. The number of hydrogen-bond donors (Lipinski definition) is 1. The highest BCUT2D eigenvalue weighted by atomic mass is 32.2. The number of hydrogen-bond acceptors (Lipinski definition) is 7. The van der Waals surface area contributed by atoms with Crippen LogP contribution in [0.1, 0.15) is 10.4 Å². The van der Waals surface area contributed by atoms with Crippen molar-refractivity contribution in [2.75, 3.05) is 21.3 Å². The number of rotatable bonds is 6. The van der Waals surface area contributed by atoms with Gasteiger partial charge in [-0.3, -0.25) is 0 Å². The molecule has 1 aromatic heterocycles. The van der Waals surface area contributed by atoms with Crippen LogP contribution in [0.5, 0.6) is 17.5 Å². The number of carboxylic acid groups (broad SMARTS) is 1. The van der Waals surface area contributed by atoms with Crippen LogP contribution >= 0.6 is 11.8 Å². The standard InChI is InChI=1S/C14H14N2O5S/c1-19-8-5-4-6-9(12(8)13(17)18)22-14-15-10(20-2)7-11(16-14)21-3/h4-7H,1-3H3,(H,17,18). The molecule has 0 unspecified atom stereocenters. The van der Waals surface area contributed by atoms with E-state index in [2.05, 4.69) is 9.97 Å². The lowest BCUT2D eigenvalue weighted by molar-refractivity contribution is 0.0689. The summed E-state index contributed by atoms with van der Waals surface area (Å²) in [6.45, 7) is 0. The smallest absolute Gasteiger partial charge is 0.340 e. The van der Waals surface area contributed by atoms with E-state index in [9.17, 15) is 9.90 Å². The molecule has 0 saturated carbocycles. The van der Waals surface area contributed by atoms with Crippen LogP contribution in [-0.4, -0.2) is 42.4 Å². The van der Waals surface area contributed by atoms with Gasteiger partial charge in [-0.2, -0.15) is 9.97 Å². The third-order valence-corrected chi connectivity index (χ3v) is 3.63. The van der Waals surface area contributed by atoms with Crippen molar-refractivity contribution in [3.05, 3.63) is 29.8 Å². The predicted molar refractivity (Wildman–Crippen MR) is 79.2 cm³/mol. The molecule has 1 heterocycles. The van der Waals surface area contributed by atoms with Crippen molar-refractivity contribution in [2.24, 2.45) is 0 Å². The molecule has 0 bridgehead atoms. The summed E-state index contributed by atoms with van der Waals surface area (Å²) in [5, 5.41) is 9.69. The Labute approximate surface area is 131 Å². The molecule has 1 N–H and O–H groups in total. The second-order valence-corrected chi connectivity index (χ2v) is 4.98. The molecule has 0 atom stereocenters. The second-order valence-electron chi connectivity index (χ2n) is 3.98. The van der Waals surface area contributed by atoms with E-state index in [0.717, 1.165) is 11.8 Å². The molecule has 1 aromatic carbocycles. The number of benzene rings is 1. The van der Waals surface area contributed by atoms with Crippen LogP contribution in [-0.2, 0) is 0 Å². The van der Waals surface area contributed by atoms with Crippen molar-refractivity contribution in [1.82, 2.24) is 9.97 Å². The molecule has 2 aromatic rings. The number of aromatic nitrogens is 2. The molecule has 22 heavy (non-hydrogen) atoms. The van der Waals surface area contributed by atoms with Crippen molar-refractivity contribution in [3.8, 4) is 17.5 Å². The Hall–Kier alpha value is -2.48. The molecule has 0 amide bonds. The molecule has 116 valence electrons. The third kappa shape index (κ3) is 3.40. The average molecular weight is 322 g/mol. The van der Waals surface area contributed by atoms with Crippen molar-refractivity contribution >= 4 is 17.7 Å². The van der Waals surface area contributed by atoms with Crippen LogP contribution < -0.4 is 14.2 Å².